The summed E-state index contributed by atoms with van der Waals surface area (Å²) in [5, 5.41) is 0. The molecule has 0 spiro atoms. The van der Waals surface area contributed by atoms with Crippen molar-refractivity contribution in [1.82, 2.24) is 4.98 Å². The lowest BCUT2D eigenvalue weighted by Gasteiger charge is -2.14. The highest BCUT2D eigenvalue weighted by molar-refractivity contribution is 5.43. The largest absolute Gasteiger partial charge is 0.493 e. The number of pyridine rings is 1. The Morgan fingerprint density at radius 2 is 2.06 bits per heavy atom. The Balaban J connectivity index is 1.95. The third-order valence-corrected chi connectivity index (χ3v) is 3.35. The zero-order valence-electron chi connectivity index (χ0n) is 10.4. The minimum Gasteiger partial charge on any atom is -0.493 e. The van der Waals surface area contributed by atoms with Gasteiger partial charge in [0.25, 0.3) is 0 Å². The molecule has 0 saturated carbocycles. The molecule has 1 aromatic heterocycles. The summed E-state index contributed by atoms with van der Waals surface area (Å²) < 4.78 is 5.51. The fourth-order valence-electron chi connectivity index (χ4n) is 2.35. The Bertz CT molecular complexity index is 580. The Morgan fingerprint density at radius 1 is 1.22 bits per heavy atom. The molecule has 2 heterocycles. The maximum Gasteiger partial charge on any atom is 0.122 e. The zero-order chi connectivity index (χ0) is 12.5. The second kappa shape index (κ2) is 4.42. The van der Waals surface area contributed by atoms with Gasteiger partial charge in [-0.25, -0.2) is 0 Å². The third kappa shape index (κ3) is 1.97. The normalized spacial score (nSPS) is 15.0. The van der Waals surface area contributed by atoms with Gasteiger partial charge in [0.15, 0.2) is 0 Å². The van der Waals surface area contributed by atoms with Gasteiger partial charge in [0.05, 0.1) is 12.6 Å². The van der Waals surface area contributed by atoms with Crippen molar-refractivity contribution in [3.63, 3.8) is 0 Å². The molecule has 1 unspecified atom stereocenters. The van der Waals surface area contributed by atoms with E-state index in [0.717, 1.165) is 35.6 Å². The fourth-order valence-corrected chi connectivity index (χ4v) is 2.35. The summed E-state index contributed by atoms with van der Waals surface area (Å²) in [5.41, 5.74) is 10.8. The molecule has 3 rings (SSSR count). The van der Waals surface area contributed by atoms with Gasteiger partial charge in [-0.3, -0.25) is 4.98 Å². The summed E-state index contributed by atoms with van der Waals surface area (Å²) in [4.78, 5) is 4.20. The molecule has 0 bridgehead atoms. The summed E-state index contributed by atoms with van der Waals surface area (Å²) in [5.74, 6) is 0.997. The summed E-state index contributed by atoms with van der Waals surface area (Å²) in [6.07, 6.45) is 2.78. The van der Waals surface area contributed by atoms with E-state index in [1.54, 1.807) is 6.20 Å². The first kappa shape index (κ1) is 11.2. The molecule has 0 saturated heterocycles. The number of benzene rings is 1. The first-order valence-electron chi connectivity index (χ1n) is 6.18. The number of aromatic nitrogens is 1. The van der Waals surface area contributed by atoms with Crippen LogP contribution in [0.4, 0.5) is 0 Å². The molecular weight excluding hydrogens is 224 g/mol. The standard InChI is InChI=1S/C15H16N2O/c1-10-8-13(4-6-17-10)15(16)12-2-3-14-11(9-12)5-7-18-14/h2-4,6,8-9,15H,5,7,16H2,1H3. The van der Waals surface area contributed by atoms with Crippen molar-refractivity contribution < 1.29 is 4.74 Å². The van der Waals surface area contributed by atoms with E-state index >= 15 is 0 Å². The highest BCUT2D eigenvalue weighted by Crippen LogP contribution is 2.29. The van der Waals surface area contributed by atoms with E-state index in [2.05, 4.69) is 11.1 Å². The van der Waals surface area contributed by atoms with E-state index in [-0.39, 0.29) is 6.04 Å². The Labute approximate surface area is 107 Å². The van der Waals surface area contributed by atoms with Gasteiger partial charge in [-0.2, -0.15) is 0 Å². The van der Waals surface area contributed by atoms with Gasteiger partial charge in [0, 0.05) is 18.3 Å². The second-order valence-electron chi connectivity index (χ2n) is 4.67. The molecule has 0 amide bonds. The number of rotatable bonds is 2. The number of nitrogens with two attached hydrogens (primary N) is 1. The lowest BCUT2D eigenvalue weighted by atomic mass is 9.97. The summed E-state index contributed by atoms with van der Waals surface area (Å²) in [6.45, 7) is 2.76. The van der Waals surface area contributed by atoms with Crippen molar-refractivity contribution in [3.05, 3.63) is 58.9 Å². The van der Waals surface area contributed by atoms with E-state index in [4.69, 9.17) is 10.5 Å². The van der Waals surface area contributed by atoms with Crippen molar-refractivity contribution in [2.75, 3.05) is 6.61 Å². The van der Waals surface area contributed by atoms with Gasteiger partial charge >= 0.3 is 0 Å². The Kier molecular flexibility index (Phi) is 2.76. The Hall–Kier alpha value is -1.87. The van der Waals surface area contributed by atoms with E-state index in [0.29, 0.717) is 0 Å². The number of nitrogens with zero attached hydrogens (tertiary/aromatic N) is 1. The maximum atomic E-state index is 6.31. The highest BCUT2D eigenvalue weighted by atomic mass is 16.5. The Morgan fingerprint density at radius 3 is 2.89 bits per heavy atom. The van der Waals surface area contributed by atoms with Crippen LogP contribution in [0.5, 0.6) is 5.75 Å². The van der Waals surface area contributed by atoms with Crippen LogP contribution in [-0.4, -0.2) is 11.6 Å². The fraction of sp³-hybridized carbons (Fsp3) is 0.267. The van der Waals surface area contributed by atoms with Gasteiger partial charge in [0.2, 0.25) is 0 Å². The molecule has 1 aliphatic heterocycles. The van der Waals surface area contributed by atoms with Gasteiger partial charge in [0.1, 0.15) is 5.75 Å². The number of hydrogen-bond acceptors (Lipinski definition) is 3. The van der Waals surface area contributed by atoms with Crippen molar-refractivity contribution in [1.29, 1.82) is 0 Å². The minimum absolute atomic E-state index is 0.0994. The van der Waals surface area contributed by atoms with Gasteiger partial charge < -0.3 is 10.5 Å². The van der Waals surface area contributed by atoms with Gasteiger partial charge in [-0.15, -0.1) is 0 Å². The topological polar surface area (TPSA) is 48.1 Å². The van der Waals surface area contributed by atoms with E-state index in [1.165, 1.54) is 5.56 Å². The van der Waals surface area contributed by atoms with Crippen molar-refractivity contribution >= 4 is 0 Å². The van der Waals surface area contributed by atoms with Crippen LogP contribution in [0.15, 0.2) is 36.5 Å². The molecule has 2 aromatic rings. The van der Waals surface area contributed by atoms with Crippen LogP contribution in [0.2, 0.25) is 0 Å². The number of aryl methyl sites for hydroxylation is 1. The molecule has 18 heavy (non-hydrogen) atoms. The summed E-state index contributed by atoms with van der Waals surface area (Å²) in [6, 6.07) is 10.1. The van der Waals surface area contributed by atoms with Gasteiger partial charge in [-0.05, 0) is 41.8 Å². The monoisotopic (exact) mass is 240 g/mol. The van der Waals surface area contributed by atoms with Crippen LogP contribution in [0.1, 0.15) is 28.4 Å². The predicted molar refractivity (Wildman–Crippen MR) is 70.6 cm³/mol. The summed E-state index contributed by atoms with van der Waals surface area (Å²) >= 11 is 0. The first-order chi connectivity index (χ1) is 8.74. The van der Waals surface area contributed by atoms with Crippen LogP contribution in [-0.2, 0) is 6.42 Å². The van der Waals surface area contributed by atoms with E-state index in [9.17, 15) is 0 Å². The molecule has 0 fully saturated rings. The lowest BCUT2D eigenvalue weighted by Crippen LogP contribution is -2.12. The zero-order valence-corrected chi connectivity index (χ0v) is 10.4. The SMILES string of the molecule is Cc1cc(C(N)c2ccc3c(c2)CCO3)ccn1. The quantitative estimate of drug-likeness (QED) is 0.876. The molecular formula is C15H16N2O. The van der Waals surface area contributed by atoms with E-state index < -0.39 is 0 Å². The third-order valence-electron chi connectivity index (χ3n) is 3.35. The number of hydrogen-bond donors (Lipinski definition) is 1. The number of fused-ring (bicyclic) bond motifs is 1. The van der Waals surface area contributed by atoms with Crippen LogP contribution < -0.4 is 10.5 Å². The molecule has 3 nitrogen and oxygen atoms in total. The molecule has 92 valence electrons. The molecule has 1 aliphatic rings. The smallest absolute Gasteiger partial charge is 0.122 e. The van der Waals surface area contributed by atoms with Crippen LogP contribution in [0.3, 0.4) is 0 Å². The summed E-state index contributed by atoms with van der Waals surface area (Å²) in [7, 11) is 0. The molecule has 0 aliphatic carbocycles. The average Bonchev–Trinajstić information content (AvgIpc) is 2.85. The lowest BCUT2D eigenvalue weighted by molar-refractivity contribution is 0.357. The minimum atomic E-state index is -0.0994. The van der Waals surface area contributed by atoms with Crippen molar-refractivity contribution in [2.45, 2.75) is 19.4 Å². The molecule has 1 atom stereocenters. The van der Waals surface area contributed by atoms with Crippen LogP contribution >= 0.6 is 0 Å². The van der Waals surface area contributed by atoms with E-state index in [1.807, 2.05) is 31.2 Å². The van der Waals surface area contributed by atoms with Crippen LogP contribution in [0.25, 0.3) is 0 Å². The predicted octanol–water partition coefficient (Wildman–Crippen LogP) is 2.37. The average molecular weight is 240 g/mol. The first-order valence-corrected chi connectivity index (χ1v) is 6.18. The molecule has 3 heteroatoms. The highest BCUT2D eigenvalue weighted by Gasteiger charge is 2.15. The van der Waals surface area contributed by atoms with Gasteiger partial charge in [-0.1, -0.05) is 12.1 Å². The molecule has 0 radical (unpaired) electrons. The van der Waals surface area contributed by atoms with Crippen LogP contribution in [0, 0.1) is 6.92 Å². The second-order valence-corrected chi connectivity index (χ2v) is 4.67. The molecule has 2 N–H and O–H groups in total. The van der Waals surface area contributed by atoms with Crippen molar-refractivity contribution in [3.8, 4) is 5.75 Å². The maximum absolute atomic E-state index is 6.31. The van der Waals surface area contributed by atoms with Crippen molar-refractivity contribution in [2.24, 2.45) is 5.73 Å². The molecule has 1 aromatic carbocycles. The number of ether oxygens (including phenoxy) is 1.